The summed E-state index contributed by atoms with van der Waals surface area (Å²) in [6, 6.07) is 0. The Morgan fingerprint density at radius 1 is 1.12 bits per heavy atom. The molecular weight excluding hydrogens is 104 g/mol. The molecule has 0 aromatic rings. The lowest BCUT2D eigenvalue weighted by Gasteiger charge is -2.24. The van der Waals surface area contributed by atoms with Gasteiger partial charge in [-0.05, 0) is 20.3 Å². The molecule has 1 fully saturated rings. The molecule has 0 unspecified atom stereocenters. The van der Waals surface area contributed by atoms with E-state index in [1.54, 1.807) is 0 Å². The second-order valence-corrected chi connectivity index (χ2v) is 2.31. The maximum Gasteiger partial charge on any atom is 0.147 e. The van der Waals surface area contributed by atoms with Crippen molar-refractivity contribution in [3.8, 4) is 0 Å². The van der Waals surface area contributed by atoms with Crippen LogP contribution >= 0.6 is 0 Å². The van der Waals surface area contributed by atoms with E-state index in [4.69, 9.17) is 9.47 Å². The van der Waals surface area contributed by atoms with E-state index in [0.717, 1.165) is 6.42 Å². The summed E-state index contributed by atoms with van der Waals surface area (Å²) >= 11 is 0. The summed E-state index contributed by atoms with van der Waals surface area (Å²) in [4.78, 5) is 0. The number of rotatable bonds is 0. The summed E-state index contributed by atoms with van der Waals surface area (Å²) in [5.74, 6) is 0. The molecule has 0 aromatic carbocycles. The van der Waals surface area contributed by atoms with Gasteiger partial charge in [0.15, 0.2) is 0 Å². The predicted octanol–water partition coefficient (Wildman–Crippen LogP) is 1.16. The van der Waals surface area contributed by atoms with E-state index in [2.05, 4.69) is 13.8 Å². The molecule has 0 amide bonds. The second kappa shape index (κ2) is 2.46. The van der Waals surface area contributed by atoms with Crippen molar-refractivity contribution in [1.82, 2.24) is 0 Å². The Kier molecular flexibility index (Phi) is 1.86. The SMILES string of the molecule is C[C@H]1C[C@H](C)OCO1. The summed E-state index contributed by atoms with van der Waals surface area (Å²) < 4.78 is 10.3. The first kappa shape index (κ1) is 6.05. The van der Waals surface area contributed by atoms with Crippen LogP contribution in [0.2, 0.25) is 0 Å². The molecule has 0 aliphatic carbocycles. The molecule has 1 heterocycles. The Morgan fingerprint density at radius 3 is 1.88 bits per heavy atom. The molecule has 0 bridgehead atoms. The monoisotopic (exact) mass is 116 g/mol. The minimum absolute atomic E-state index is 0.388. The zero-order valence-corrected chi connectivity index (χ0v) is 5.39. The Morgan fingerprint density at radius 2 is 1.62 bits per heavy atom. The molecule has 0 radical (unpaired) electrons. The molecular formula is C6H12O2. The Hall–Kier alpha value is -0.0800. The highest BCUT2D eigenvalue weighted by Crippen LogP contribution is 2.10. The molecule has 8 heavy (non-hydrogen) atoms. The lowest BCUT2D eigenvalue weighted by Crippen LogP contribution is -2.26. The predicted molar refractivity (Wildman–Crippen MR) is 30.6 cm³/mol. The summed E-state index contributed by atoms with van der Waals surface area (Å²) in [6.45, 7) is 4.61. The second-order valence-electron chi connectivity index (χ2n) is 2.31. The molecule has 0 saturated carbocycles. The van der Waals surface area contributed by atoms with Crippen LogP contribution in [0, 0.1) is 0 Å². The van der Waals surface area contributed by atoms with Crippen LogP contribution in [0.25, 0.3) is 0 Å². The van der Waals surface area contributed by atoms with Gasteiger partial charge in [-0.3, -0.25) is 0 Å². The van der Waals surface area contributed by atoms with E-state index >= 15 is 0 Å². The van der Waals surface area contributed by atoms with Crippen molar-refractivity contribution >= 4 is 0 Å². The zero-order chi connectivity index (χ0) is 5.98. The van der Waals surface area contributed by atoms with E-state index < -0.39 is 0 Å². The lowest BCUT2D eigenvalue weighted by molar-refractivity contribution is -0.164. The van der Waals surface area contributed by atoms with Crippen LogP contribution in [0.1, 0.15) is 20.3 Å². The smallest absolute Gasteiger partial charge is 0.147 e. The summed E-state index contributed by atoms with van der Waals surface area (Å²) in [5.41, 5.74) is 0. The molecule has 2 atom stereocenters. The lowest BCUT2D eigenvalue weighted by atomic mass is 10.2. The van der Waals surface area contributed by atoms with Gasteiger partial charge >= 0.3 is 0 Å². The molecule has 2 nitrogen and oxygen atoms in total. The van der Waals surface area contributed by atoms with Crippen LogP contribution in [0.4, 0.5) is 0 Å². The zero-order valence-electron chi connectivity index (χ0n) is 5.39. The van der Waals surface area contributed by atoms with E-state index in [9.17, 15) is 0 Å². The standard InChI is InChI=1S/C6H12O2/c1-5-3-6(2)8-4-7-5/h5-6H,3-4H2,1-2H3/t5-,6-/m0/s1. The molecule has 0 aromatic heterocycles. The first-order valence-corrected chi connectivity index (χ1v) is 3.02. The average molecular weight is 116 g/mol. The normalized spacial score (nSPS) is 39.8. The number of hydrogen-bond acceptors (Lipinski definition) is 2. The van der Waals surface area contributed by atoms with Crippen molar-refractivity contribution in [2.45, 2.75) is 32.5 Å². The van der Waals surface area contributed by atoms with Gasteiger partial charge in [-0.25, -0.2) is 0 Å². The molecule has 1 aliphatic heterocycles. The fraction of sp³-hybridized carbons (Fsp3) is 1.00. The molecule has 0 N–H and O–H groups in total. The largest absolute Gasteiger partial charge is 0.352 e. The molecule has 48 valence electrons. The van der Waals surface area contributed by atoms with Gasteiger partial charge in [0.1, 0.15) is 6.79 Å². The first-order chi connectivity index (χ1) is 3.79. The first-order valence-electron chi connectivity index (χ1n) is 3.02. The van der Waals surface area contributed by atoms with Crippen molar-refractivity contribution < 1.29 is 9.47 Å². The molecule has 1 rings (SSSR count). The van der Waals surface area contributed by atoms with Crippen LogP contribution in [0.15, 0.2) is 0 Å². The van der Waals surface area contributed by atoms with Crippen molar-refractivity contribution in [1.29, 1.82) is 0 Å². The summed E-state index contributed by atoms with van der Waals surface area (Å²) in [7, 11) is 0. The van der Waals surface area contributed by atoms with Gasteiger partial charge in [-0.2, -0.15) is 0 Å². The molecule has 0 spiro atoms. The van der Waals surface area contributed by atoms with E-state index in [1.165, 1.54) is 0 Å². The fourth-order valence-corrected chi connectivity index (χ4v) is 0.875. The number of ether oxygens (including phenoxy) is 2. The Balaban J connectivity index is 2.23. The third-order valence-corrected chi connectivity index (χ3v) is 1.37. The van der Waals surface area contributed by atoms with Gasteiger partial charge in [0.05, 0.1) is 12.2 Å². The quantitative estimate of drug-likeness (QED) is 0.472. The third-order valence-electron chi connectivity index (χ3n) is 1.37. The van der Waals surface area contributed by atoms with Crippen LogP contribution in [0.5, 0.6) is 0 Å². The van der Waals surface area contributed by atoms with Gasteiger partial charge in [-0.15, -0.1) is 0 Å². The summed E-state index contributed by atoms with van der Waals surface area (Å²) in [5, 5.41) is 0. The van der Waals surface area contributed by atoms with Gasteiger partial charge in [0, 0.05) is 0 Å². The van der Waals surface area contributed by atoms with Crippen molar-refractivity contribution in [2.24, 2.45) is 0 Å². The molecule has 1 saturated heterocycles. The van der Waals surface area contributed by atoms with Crippen LogP contribution < -0.4 is 0 Å². The van der Waals surface area contributed by atoms with Crippen LogP contribution in [-0.2, 0) is 9.47 Å². The van der Waals surface area contributed by atoms with Crippen LogP contribution in [0.3, 0.4) is 0 Å². The highest BCUT2D eigenvalue weighted by Gasteiger charge is 2.14. The highest BCUT2D eigenvalue weighted by atomic mass is 16.7. The van der Waals surface area contributed by atoms with Crippen molar-refractivity contribution in [2.75, 3.05) is 6.79 Å². The van der Waals surface area contributed by atoms with Gasteiger partial charge in [0.25, 0.3) is 0 Å². The number of hydrogen-bond donors (Lipinski definition) is 0. The maximum absolute atomic E-state index is 5.13. The van der Waals surface area contributed by atoms with Gasteiger partial charge in [0.2, 0.25) is 0 Å². The third kappa shape index (κ3) is 1.46. The molecule has 1 aliphatic rings. The van der Waals surface area contributed by atoms with E-state index in [-0.39, 0.29) is 0 Å². The maximum atomic E-state index is 5.13. The molecule has 2 heteroatoms. The Bertz CT molecular complexity index is 64.9. The fourth-order valence-electron chi connectivity index (χ4n) is 0.875. The summed E-state index contributed by atoms with van der Waals surface area (Å²) in [6.07, 6.45) is 1.80. The van der Waals surface area contributed by atoms with Crippen molar-refractivity contribution in [3.63, 3.8) is 0 Å². The highest BCUT2D eigenvalue weighted by molar-refractivity contribution is 4.59. The van der Waals surface area contributed by atoms with Gasteiger partial charge < -0.3 is 9.47 Å². The minimum atomic E-state index is 0.388. The minimum Gasteiger partial charge on any atom is -0.352 e. The van der Waals surface area contributed by atoms with Gasteiger partial charge in [-0.1, -0.05) is 0 Å². The average Bonchev–Trinajstić information content (AvgIpc) is 1.64. The topological polar surface area (TPSA) is 18.5 Å². The van der Waals surface area contributed by atoms with Crippen LogP contribution in [-0.4, -0.2) is 19.0 Å². The van der Waals surface area contributed by atoms with Crippen molar-refractivity contribution in [3.05, 3.63) is 0 Å². The van der Waals surface area contributed by atoms with E-state index in [0.29, 0.717) is 19.0 Å². The Labute approximate surface area is 49.8 Å². The van der Waals surface area contributed by atoms with E-state index in [1.807, 2.05) is 0 Å².